The molecule has 0 unspecified atom stereocenters. The molecule has 2 aromatic carbocycles. The van der Waals surface area contributed by atoms with E-state index in [0.717, 1.165) is 11.1 Å². The number of aliphatic hydroxyl groups is 1. The van der Waals surface area contributed by atoms with E-state index in [0.29, 0.717) is 22.4 Å². The zero-order valence-electron chi connectivity index (χ0n) is 16.8. The van der Waals surface area contributed by atoms with Crippen LogP contribution in [0.5, 0.6) is 0 Å². The molecular formula is C25H16FN5O. The van der Waals surface area contributed by atoms with Crippen molar-refractivity contribution in [2.75, 3.05) is 0 Å². The summed E-state index contributed by atoms with van der Waals surface area (Å²) in [5.74, 6) is -0.494. The quantitative estimate of drug-likeness (QED) is 0.538. The maximum atomic E-state index is 14.8. The first-order valence-electron chi connectivity index (χ1n) is 9.94. The summed E-state index contributed by atoms with van der Waals surface area (Å²) in [5.41, 5.74) is 2.45. The van der Waals surface area contributed by atoms with Crippen LogP contribution in [-0.2, 0) is 5.60 Å². The molecule has 0 saturated heterocycles. The van der Waals surface area contributed by atoms with Crippen molar-refractivity contribution in [3.63, 3.8) is 0 Å². The van der Waals surface area contributed by atoms with E-state index in [-0.39, 0.29) is 12.0 Å². The second-order valence-electron chi connectivity index (χ2n) is 7.77. The monoisotopic (exact) mass is 421 g/mol. The Kier molecular flexibility index (Phi) is 4.55. The van der Waals surface area contributed by atoms with E-state index in [1.165, 1.54) is 12.3 Å². The third kappa shape index (κ3) is 3.04. The largest absolute Gasteiger partial charge is 0.379 e. The molecule has 0 bridgehead atoms. The van der Waals surface area contributed by atoms with E-state index in [1.807, 2.05) is 30.3 Å². The van der Waals surface area contributed by atoms with Crippen molar-refractivity contribution >= 4 is 0 Å². The molecule has 0 fully saturated rings. The first kappa shape index (κ1) is 19.6. The van der Waals surface area contributed by atoms with Gasteiger partial charge in [0.2, 0.25) is 0 Å². The number of hydrogen-bond acceptors (Lipinski definition) is 5. The number of pyridine rings is 1. The van der Waals surface area contributed by atoms with Crippen molar-refractivity contribution in [3.05, 3.63) is 107 Å². The van der Waals surface area contributed by atoms with Gasteiger partial charge < -0.3 is 9.67 Å². The lowest BCUT2D eigenvalue weighted by Crippen LogP contribution is -2.24. The van der Waals surface area contributed by atoms with Gasteiger partial charge in [-0.2, -0.15) is 10.5 Å². The van der Waals surface area contributed by atoms with Crippen molar-refractivity contribution < 1.29 is 9.50 Å². The van der Waals surface area contributed by atoms with E-state index in [4.69, 9.17) is 10.5 Å². The maximum Gasteiger partial charge on any atom is 0.133 e. The predicted molar refractivity (Wildman–Crippen MR) is 113 cm³/mol. The standard InChI is InChI=1S/C25H16FN5O/c26-22-7-16(10-27)4-5-21(22)23-9-25(32,24-14-30-15-31(23)24)20-3-1-2-18(8-20)19-6-17(11-28)12-29-13-19/h1-8,12-15,23,32H,9H2/t23-,25+/m1/s1. The molecule has 6 nitrogen and oxygen atoms in total. The highest BCUT2D eigenvalue weighted by Gasteiger charge is 2.45. The molecule has 0 amide bonds. The van der Waals surface area contributed by atoms with Crippen LogP contribution in [0.1, 0.15) is 40.4 Å². The lowest BCUT2D eigenvalue weighted by molar-refractivity contribution is 0.0793. The fourth-order valence-corrected chi connectivity index (χ4v) is 4.36. The Morgan fingerprint density at radius 1 is 0.969 bits per heavy atom. The topological polar surface area (TPSA) is 98.5 Å². The Labute approximate surface area is 183 Å². The van der Waals surface area contributed by atoms with Crippen molar-refractivity contribution in [1.82, 2.24) is 14.5 Å². The smallest absolute Gasteiger partial charge is 0.133 e. The van der Waals surface area contributed by atoms with Gasteiger partial charge in [0.1, 0.15) is 17.5 Å². The molecule has 3 heterocycles. The van der Waals surface area contributed by atoms with Crippen molar-refractivity contribution in [2.24, 2.45) is 0 Å². The second kappa shape index (κ2) is 7.42. The van der Waals surface area contributed by atoms with Crippen molar-refractivity contribution in [3.8, 4) is 23.3 Å². The highest BCUT2D eigenvalue weighted by molar-refractivity contribution is 5.65. The van der Waals surface area contributed by atoms with Crippen molar-refractivity contribution in [2.45, 2.75) is 18.1 Å². The third-order valence-electron chi connectivity index (χ3n) is 5.94. The molecule has 1 N–H and O–H groups in total. The molecule has 4 aromatic rings. The number of nitriles is 2. The van der Waals surface area contributed by atoms with E-state index < -0.39 is 17.5 Å². The van der Waals surface area contributed by atoms with Gasteiger partial charge in [-0.25, -0.2) is 9.37 Å². The predicted octanol–water partition coefficient (Wildman–Crippen LogP) is 4.06. The number of aromatic nitrogens is 3. The van der Waals surface area contributed by atoms with E-state index in [1.54, 1.807) is 41.5 Å². The summed E-state index contributed by atoms with van der Waals surface area (Å²) >= 11 is 0. The Hall–Kier alpha value is -4.33. The Bertz CT molecular complexity index is 1430. The van der Waals surface area contributed by atoms with Crippen LogP contribution in [0.15, 0.2) is 73.4 Å². The van der Waals surface area contributed by atoms with Crippen LogP contribution in [0.4, 0.5) is 4.39 Å². The normalized spacial score (nSPS) is 19.2. The molecule has 154 valence electrons. The average molecular weight is 421 g/mol. The van der Waals surface area contributed by atoms with Crippen LogP contribution in [0, 0.1) is 28.5 Å². The number of fused-ring (bicyclic) bond motifs is 1. The van der Waals surface area contributed by atoms with Crippen LogP contribution in [-0.4, -0.2) is 19.6 Å². The molecule has 5 rings (SSSR count). The zero-order valence-corrected chi connectivity index (χ0v) is 16.8. The minimum atomic E-state index is -1.39. The van der Waals surface area contributed by atoms with Gasteiger partial charge in [0, 0.05) is 29.9 Å². The number of nitrogens with zero attached hydrogens (tertiary/aromatic N) is 5. The third-order valence-corrected chi connectivity index (χ3v) is 5.94. The van der Waals surface area contributed by atoms with E-state index >= 15 is 0 Å². The van der Waals surface area contributed by atoms with Crippen LogP contribution < -0.4 is 0 Å². The van der Waals surface area contributed by atoms with Gasteiger partial charge in [-0.05, 0) is 35.4 Å². The number of hydrogen-bond donors (Lipinski definition) is 1. The molecule has 0 aliphatic carbocycles. The summed E-state index contributed by atoms with van der Waals surface area (Å²) in [6.45, 7) is 0. The number of imidazole rings is 1. The summed E-state index contributed by atoms with van der Waals surface area (Å²) in [6.07, 6.45) is 6.55. The Morgan fingerprint density at radius 2 is 1.81 bits per heavy atom. The molecule has 0 spiro atoms. The van der Waals surface area contributed by atoms with Gasteiger partial charge >= 0.3 is 0 Å². The van der Waals surface area contributed by atoms with Gasteiger partial charge in [0.25, 0.3) is 0 Å². The molecule has 7 heteroatoms. The van der Waals surface area contributed by atoms with Gasteiger partial charge in [0.15, 0.2) is 0 Å². The number of benzene rings is 2. The van der Waals surface area contributed by atoms with Crippen LogP contribution in [0.25, 0.3) is 11.1 Å². The summed E-state index contributed by atoms with van der Waals surface area (Å²) in [6, 6.07) is 17.0. The molecule has 1 aliphatic heterocycles. The fourth-order valence-electron chi connectivity index (χ4n) is 4.36. The summed E-state index contributed by atoms with van der Waals surface area (Å²) in [4.78, 5) is 8.31. The SMILES string of the molecule is N#Cc1cncc(-c2cccc([C@@]3(O)C[C@H](c4ccc(C#N)cc4F)n4cncc43)c2)c1. The Morgan fingerprint density at radius 3 is 2.59 bits per heavy atom. The molecule has 0 saturated carbocycles. The maximum absolute atomic E-state index is 14.8. The van der Waals surface area contributed by atoms with E-state index in [2.05, 4.69) is 16.0 Å². The lowest BCUT2D eigenvalue weighted by Gasteiger charge is -2.24. The fraction of sp³-hybridized carbons (Fsp3) is 0.120. The molecule has 0 radical (unpaired) electrons. The van der Waals surface area contributed by atoms with Gasteiger partial charge in [0.05, 0.1) is 41.5 Å². The van der Waals surface area contributed by atoms with Gasteiger partial charge in [-0.1, -0.05) is 24.3 Å². The zero-order chi connectivity index (χ0) is 22.3. The molecule has 2 atom stereocenters. The highest BCUT2D eigenvalue weighted by Crippen LogP contribution is 2.47. The van der Waals surface area contributed by atoms with Gasteiger partial charge in [-0.15, -0.1) is 0 Å². The summed E-state index contributed by atoms with van der Waals surface area (Å²) < 4.78 is 16.6. The van der Waals surface area contributed by atoms with Gasteiger partial charge in [-0.3, -0.25) is 4.98 Å². The Balaban J connectivity index is 1.58. The molecular weight excluding hydrogens is 405 g/mol. The van der Waals surface area contributed by atoms with Crippen molar-refractivity contribution in [1.29, 1.82) is 10.5 Å². The number of halogens is 1. The summed E-state index contributed by atoms with van der Waals surface area (Å²) in [7, 11) is 0. The molecule has 32 heavy (non-hydrogen) atoms. The minimum absolute atomic E-state index is 0.216. The first-order chi connectivity index (χ1) is 15.5. The molecule has 1 aliphatic rings. The van der Waals surface area contributed by atoms with Crippen LogP contribution in [0.2, 0.25) is 0 Å². The number of rotatable bonds is 3. The lowest BCUT2D eigenvalue weighted by atomic mass is 9.85. The van der Waals surface area contributed by atoms with E-state index in [9.17, 15) is 9.50 Å². The summed E-state index contributed by atoms with van der Waals surface area (Å²) in [5, 5.41) is 30.0. The average Bonchev–Trinajstić information content (AvgIpc) is 3.43. The highest BCUT2D eigenvalue weighted by atomic mass is 19.1. The van der Waals surface area contributed by atoms with Crippen LogP contribution in [0.3, 0.4) is 0 Å². The molecule has 2 aromatic heterocycles. The van der Waals surface area contributed by atoms with Crippen LogP contribution >= 0.6 is 0 Å². The second-order valence-corrected chi connectivity index (χ2v) is 7.77. The first-order valence-corrected chi connectivity index (χ1v) is 9.94. The minimum Gasteiger partial charge on any atom is -0.379 e.